The lowest BCUT2D eigenvalue weighted by atomic mass is 10.2. The van der Waals surface area contributed by atoms with E-state index >= 15 is 0 Å². The first-order chi connectivity index (χ1) is 10.2. The Balaban J connectivity index is 2.08. The lowest BCUT2D eigenvalue weighted by Crippen LogP contribution is -2.38. The van der Waals surface area contributed by atoms with Gasteiger partial charge in [-0.15, -0.1) is 0 Å². The predicted octanol–water partition coefficient (Wildman–Crippen LogP) is 2.17. The van der Waals surface area contributed by atoms with E-state index in [1.165, 1.54) is 5.69 Å². The highest BCUT2D eigenvalue weighted by atomic mass is 16.5. The highest BCUT2D eigenvalue weighted by Crippen LogP contribution is 2.26. The van der Waals surface area contributed by atoms with Gasteiger partial charge in [0, 0.05) is 26.7 Å². The van der Waals surface area contributed by atoms with Gasteiger partial charge in [-0.05, 0) is 18.1 Å². The molecule has 21 heavy (non-hydrogen) atoms. The van der Waals surface area contributed by atoms with Gasteiger partial charge in [0.25, 0.3) is 0 Å². The molecular weight excluding hydrogens is 264 g/mol. The Morgan fingerprint density at radius 1 is 1.29 bits per heavy atom. The van der Waals surface area contributed by atoms with Crippen LogP contribution in [0.3, 0.4) is 0 Å². The van der Waals surface area contributed by atoms with Gasteiger partial charge in [0.2, 0.25) is 0 Å². The van der Waals surface area contributed by atoms with Crippen molar-refractivity contribution in [2.24, 2.45) is 10.9 Å². The number of hydrogen-bond acceptors (Lipinski definition) is 3. The molecule has 116 valence electrons. The van der Waals surface area contributed by atoms with Crippen LogP contribution < -0.4 is 15.5 Å². The molecule has 0 saturated carbocycles. The van der Waals surface area contributed by atoms with Crippen LogP contribution in [0, 0.1) is 5.92 Å². The van der Waals surface area contributed by atoms with Gasteiger partial charge in [-0.1, -0.05) is 26.0 Å². The molecule has 0 unspecified atom stereocenters. The number of ether oxygens (including phenoxy) is 1. The van der Waals surface area contributed by atoms with Gasteiger partial charge >= 0.3 is 0 Å². The first-order valence-corrected chi connectivity index (χ1v) is 7.60. The maximum atomic E-state index is 5.43. The second kappa shape index (κ2) is 7.88. The van der Waals surface area contributed by atoms with Crippen molar-refractivity contribution in [3.05, 3.63) is 24.3 Å². The fraction of sp³-hybridized carbons (Fsp3) is 0.562. The predicted molar refractivity (Wildman–Crippen MR) is 89.3 cm³/mol. The lowest BCUT2D eigenvalue weighted by Gasteiger charge is -2.30. The van der Waals surface area contributed by atoms with E-state index in [4.69, 9.17) is 4.74 Å². The number of anilines is 2. The van der Waals surface area contributed by atoms with Gasteiger partial charge in [0.05, 0.1) is 24.6 Å². The maximum absolute atomic E-state index is 5.43. The molecule has 1 fully saturated rings. The molecule has 0 aromatic heterocycles. The fourth-order valence-corrected chi connectivity index (χ4v) is 2.27. The van der Waals surface area contributed by atoms with Crippen LogP contribution in [0.2, 0.25) is 0 Å². The number of guanidine groups is 1. The summed E-state index contributed by atoms with van der Waals surface area (Å²) < 4.78 is 5.43. The first-order valence-electron chi connectivity index (χ1n) is 7.60. The minimum Gasteiger partial charge on any atom is -0.378 e. The quantitative estimate of drug-likeness (QED) is 0.659. The second-order valence-electron chi connectivity index (χ2n) is 5.59. The van der Waals surface area contributed by atoms with Gasteiger partial charge in [-0.3, -0.25) is 4.99 Å². The summed E-state index contributed by atoms with van der Waals surface area (Å²) in [7, 11) is 1.80. The number of para-hydroxylation sites is 2. The standard InChI is InChI=1S/C16H26N4O/c1-13(2)12-18-16(17-3)19-14-6-4-5-7-15(14)20-8-10-21-11-9-20/h4-7,13H,8-12H2,1-3H3,(H2,17,18,19). The molecule has 1 aromatic carbocycles. The first kappa shape index (κ1) is 15.6. The molecule has 0 aliphatic carbocycles. The molecule has 1 heterocycles. The monoisotopic (exact) mass is 290 g/mol. The molecule has 1 aromatic rings. The van der Waals surface area contributed by atoms with E-state index < -0.39 is 0 Å². The minimum absolute atomic E-state index is 0.582. The van der Waals surface area contributed by atoms with Crippen molar-refractivity contribution < 1.29 is 4.74 Å². The van der Waals surface area contributed by atoms with E-state index in [1.54, 1.807) is 7.05 Å². The van der Waals surface area contributed by atoms with E-state index in [0.29, 0.717) is 5.92 Å². The maximum Gasteiger partial charge on any atom is 0.195 e. The average Bonchev–Trinajstić information content (AvgIpc) is 2.52. The van der Waals surface area contributed by atoms with Crippen LogP contribution in [0.4, 0.5) is 11.4 Å². The minimum atomic E-state index is 0.582. The SMILES string of the molecule is CN=C(NCC(C)C)Nc1ccccc1N1CCOCC1. The molecule has 0 radical (unpaired) electrons. The van der Waals surface area contributed by atoms with Crippen molar-refractivity contribution in [2.45, 2.75) is 13.8 Å². The van der Waals surface area contributed by atoms with E-state index in [-0.39, 0.29) is 0 Å². The summed E-state index contributed by atoms with van der Waals surface area (Å²) in [5.41, 5.74) is 2.28. The van der Waals surface area contributed by atoms with Crippen LogP contribution in [-0.4, -0.2) is 45.9 Å². The Bertz CT molecular complexity index is 467. The van der Waals surface area contributed by atoms with Crippen molar-refractivity contribution in [1.82, 2.24) is 5.32 Å². The van der Waals surface area contributed by atoms with E-state index in [9.17, 15) is 0 Å². The zero-order valence-electron chi connectivity index (χ0n) is 13.2. The number of benzene rings is 1. The molecule has 1 aliphatic heterocycles. The number of nitrogens with zero attached hydrogens (tertiary/aromatic N) is 2. The van der Waals surface area contributed by atoms with Crippen molar-refractivity contribution in [1.29, 1.82) is 0 Å². The number of rotatable bonds is 4. The summed E-state index contributed by atoms with van der Waals surface area (Å²) >= 11 is 0. The Labute approximate surface area is 127 Å². The van der Waals surface area contributed by atoms with Crippen LogP contribution in [0.25, 0.3) is 0 Å². The van der Waals surface area contributed by atoms with Gasteiger partial charge < -0.3 is 20.3 Å². The van der Waals surface area contributed by atoms with Gasteiger partial charge in [-0.25, -0.2) is 0 Å². The zero-order valence-corrected chi connectivity index (χ0v) is 13.2. The fourth-order valence-electron chi connectivity index (χ4n) is 2.27. The van der Waals surface area contributed by atoms with E-state index in [2.05, 4.69) is 52.6 Å². The average molecular weight is 290 g/mol. The van der Waals surface area contributed by atoms with Crippen LogP contribution in [0.15, 0.2) is 29.3 Å². The molecule has 0 bridgehead atoms. The highest BCUT2D eigenvalue weighted by molar-refractivity contribution is 5.96. The van der Waals surface area contributed by atoms with Gasteiger partial charge in [0.15, 0.2) is 5.96 Å². The van der Waals surface area contributed by atoms with Crippen LogP contribution in [0.1, 0.15) is 13.8 Å². The summed E-state index contributed by atoms with van der Waals surface area (Å²) in [6.45, 7) is 8.69. The van der Waals surface area contributed by atoms with Crippen molar-refractivity contribution in [2.75, 3.05) is 50.1 Å². The summed E-state index contributed by atoms with van der Waals surface area (Å²) in [5.74, 6) is 1.39. The van der Waals surface area contributed by atoms with Crippen molar-refractivity contribution in [3.63, 3.8) is 0 Å². The lowest BCUT2D eigenvalue weighted by molar-refractivity contribution is 0.123. The topological polar surface area (TPSA) is 48.9 Å². The van der Waals surface area contributed by atoms with E-state index in [1.807, 2.05) is 6.07 Å². The molecule has 1 saturated heterocycles. The highest BCUT2D eigenvalue weighted by Gasteiger charge is 2.15. The molecule has 2 N–H and O–H groups in total. The number of hydrogen-bond donors (Lipinski definition) is 2. The zero-order chi connectivity index (χ0) is 15.1. The summed E-state index contributed by atoms with van der Waals surface area (Å²) in [6, 6.07) is 8.35. The van der Waals surface area contributed by atoms with Crippen LogP contribution in [-0.2, 0) is 4.74 Å². The Morgan fingerprint density at radius 3 is 2.67 bits per heavy atom. The largest absolute Gasteiger partial charge is 0.378 e. The van der Waals surface area contributed by atoms with Crippen molar-refractivity contribution in [3.8, 4) is 0 Å². The van der Waals surface area contributed by atoms with Gasteiger partial charge in [0.1, 0.15) is 0 Å². The van der Waals surface area contributed by atoms with Crippen molar-refractivity contribution >= 4 is 17.3 Å². The van der Waals surface area contributed by atoms with E-state index in [0.717, 1.165) is 44.5 Å². The van der Waals surface area contributed by atoms with Crippen LogP contribution >= 0.6 is 0 Å². The summed E-state index contributed by atoms with van der Waals surface area (Å²) in [4.78, 5) is 6.64. The third kappa shape index (κ3) is 4.63. The molecular formula is C16H26N4O. The number of nitrogens with one attached hydrogen (secondary N) is 2. The summed E-state index contributed by atoms with van der Waals surface area (Å²) in [5, 5.41) is 6.75. The Kier molecular flexibility index (Phi) is 5.87. The third-order valence-electron chi connectivity index (χ3n) is 3.41. The molecule has 0 amide bonds. The van der Waals surface area contributed by atoms with Crippen LogP contribution in [0.5, 0.6) is 0 Å². The molecule has 5 heteroatoms. The molecule has 2 rings (SSSR count). The number of morpholine rings is 1. The van der Waals surface area contributed by atoms with Gasteiger partial charge in [-0.2, -0.15) is 0 Å². The number of aliphatic imine (C=N–C) groups is 1. The second-order valence-corrected chi connectivity index (χ2v) is 5.59. The summed E-state index contributed by atoms with van der Waals surface area (Å²) in [6.07, 6.45) is 0. The molecule has 5 nitrogen and oxygen atoms in total. The Hall–Kier alpha value is -1.75. The normalized spacial score (nSPS) is 16.2. The molecule has 0 atom stereocenters. The molecule has 0 spiro atoms. The third-order valence-corrected chi connectivity index (χ3v) is 3.41. The Morgan fingerprint density at radius 2 is 2.00 bits per heavy atom. The molecule has 1 aliphatic rings. The smallest absolute Gasteiger partial charge is 0.195 e.